The minimum Gasteiger partial charge on any atom is -0.355 e. The van der Waals surface area contributed by atoms with E-state index in [0.717, 1.165) is 68.3 Å². The Bertz CT molecular complexity index is 1170. The third-order valence-corrected chi connectivity index (χ3v) is 6.83. The van der Waals surface area contributed by atoms with Crippen molar-refractivity contribution in [2.75, 3.05) is 31.1 Å². The van der Waals surface area contributed by atoms with Crippen molar-refractivity contribution in [2.24, 2.45) is 0 Å². The summed E-state index contributed by atoms with van der Waals surface area (Å²) in [6.07, 6.45) is -0.269. The average molecular weight is 489 g/mol. The number of hydrogen-bond acceptors (Lipinski definition) is 5. The molecule has 0 atom stereocenters. The van der Waals surface area contributed by atoms with Crippen molar-refractivity contribution in [3.8, 4) is 0 Å². The highest BCUT2D eigenvalue weighted by molar-refractivity contribution is 7.71. The minimum absolute atomic E-state index is 0.483. The van der Waals surface area contributed by atoms with E-state index >= 15 is 0 Å². The van der Waals surface area contributed by atoms with Gasteiger partial charge >= 0.3 is 6.18 Å². The van der Waals surface area contributed by atoms with Gasteiger partial charge < -0.3 is 4.90 Å². The molecule has 3 heterocycles. The molecular formula is C24H27F3N6S. The van der Waals surface area contributed by atoms with E-state index in [1.807, 2.05) is 27.8 Å². The van der Waals surface area contributed by atoms with E-state index in [-0.39, 0.29) is 0 Å². The maximum Gasteiger partial charge on any atom is 0.417 e. The lowest BCUT2D eigenvalue weighted by molar-refractivity contribution is -0.137. The number of rotatable bonds is 6. The predicted molar refractivity (Wildman–Crippen MR) is 126 cm³/mol. The van der Waals surface area contributed by atoms with Crippen LogP contribution in [0.5, 0.6) is 0 Å². The lowest BCUT2D eigenvalue weighted by Crippen LogP contribution is -2.32. The predicted octanol–water partition coefficient (Wildman–Crippen LogP) is 4.92. The van der Waals surface area contributed by atoms with Crippen LogP contribution in [0.25, 0.3) is 0 Å². The van der Waals surface area contributed by atoms with E-state index in [1.165, 1.54) is 11.6 Å². The first-order valence-corrected chi connectivity index (χ1v) is 12.0. The molecule has 0 N–H and O–H groups in total. The van der Waals surface area contributed by atoms with E-state index in [0.29, 0.717) is 24.9 Å². The average Bonchev–Trinajstić information content (AvgIpc) is 3.65. The molecule has 0 radical (unpaired) electrons. The second-order valence-corrected chi connectivity index (χ2v) is 9.35. The first-order valence-electron chi connectivity index (χ1n) is 11.6. The van der Waals surface area contributed by atoms with Crippen molar-refractivity contribution in [2.45, 2.75) is 44.6 Å². The Balaban J connectivity index is 1.27. The molecule has 2 aromatic heterocycles. The van der Waals surface area contributed by atoms with Crippen LogP contribution in [0.2, 0.25) is 0 Å². The van der Waals surface area contributed by atoms with Crippen LogP contribution in [0.3, 0.4) is 0 Å². The van der Waals surface area contributed by atoms with E-state index in [4.69, 9.17) is 17.3 Å². The van der Waals surface area contributed by atoms with E-state index < -0.39 is 11.7 Å². The molecule has 2 aliphatic rings. The number of nitrogens with zero attached hydrogens (tertiary/aromatic N) is 6. The first-order chi connectivity index (χ1) is 16.4. The van der Waals surface area contributed by atoms with Gasteiger partial charge in [0.05, 0.1) is 18.8 Å². The molecule has 180 valence electrons. The summed E-state index contributed by atoms with van der Waals surface area (Å²) in [6, 6.07) is 12.9. The molecule has 1 saturated heterocycles. The van der Waals surface area contributed by atoms with Crippen molar-refractivity contribution in [3.63, 3.8) is 0 Å². The molecular weight excluding hydrogens is 461 g/mol. The Morgan fingerprint density at radius 1 is 0.971 bits per heavy atom. The number of aromatic nitrogens is 4. The lowest BCUT2D eigenvalue weighted by Gasteiger charge is -2.23. The van der Waals surface area contributed by atoms with Crippen molar-refractivity contribution < 1.29 is 13.2 Å². The highest BCUT2D eigenvalue weighted by Gasteiger charge is 2.32. The third-order valence-electron chi connectivity index (χ3n) is 6.40. The quantitative estimate of drug-likeness (QED) is 0.461. The molecule has 6 nitrogen and oxygen atoms in total. The largest absolute Gasteiger partial charge is 0.417 e. The summed E-state index contributed by atoms with van der Waals surface area (Å²) in [5.41, 5.74) is 0.481. The van der Waals surface area contributed by atoms with Crippen LogP contribution in [0.4, 0.5) is 19.0 Å². The molecule has 34 heavy (non-hydrogen) atoms. The van der Waals surface area contributed by atoms with Crippen LogP contribution in [0.1, 0.15) is 42.1 Å². The standard InChI is InChI=1S/C24H27F3N6S/c25-24(26,27)20-9-10-21(28-15-20)31-12-4-11-30(13-14-31)17-33-23(34)32(22(29-33)19-7-8-19)16-18-5-2-1-3-6-18/h1-3,5-6,9-10,15,19H,4,7-8,11-14,16-17H2. The van der Waals surface area contributed by atoms with E-state index in [1.54, 1.807) is 0 Å². The zero-order valence-electron chi connectivity index (χ0n) is 18.8. The van der Waals surface area contributed by atoms with Gasteiger partial charge in [0.15, 0.2) is 4.77 Å². The Morgan fingerprint density at radius 3 is 2.44 bits per heavy atom. The normalized spacial score (nSPS) is 17.7. The number of halogens is 3. The molecule has 0 unspecified atom stereocenters. The summed E-state index contributed by atoms with van der Waals surface area (Å²) in [6.45, 7) is 4.38. The van der Waals surface area contributed by atoms with Gasteiger partial charge in [0.25, 0.3) is 0 Å². The van der Waals surface area contributed by atoms with Crippen molar-refractivity contribution >= 4 is 18.0 Å². The topological polar surface area (TPSA) is 42.1 Å². The van der Waals surface area contributed by atoms with Crippen molar-refractivity contribution in [1.29, 1.82) is 0 Å². The zero-order valence-corrected chi connectivity index (χ0v) is 19.6. The maximum atomic E-state index is 12.8. The van der Waals surface area contributed by atoms with Gasteiger partial charge in [-0.3, -0.25) is 9.47 Å². The fourth-order valence-corrected chi connectivity index (χ4v) is 4.64. The number of alkyl halides is 3. The Kier molecular flexibility index (Phi) is 6.44. The van der Waals surface area contributed by atoms with Gasteiger partial charge in [0.2, 0.25) is 0 Å². The monoisotopic (exact) mass is 488 g/mol. The summed E-state index contributed by atoms with van der Waals surface area (Å²) < 4.78 is 43.4. The summed E-state index contributed by atoms with van der Waals surface area (Å²) in [4.78, 5) is 8.41. The van der Waals surface area contributed by atoms with Gasteiger partial charge in [-0.05, 0) is 49.2 Å². The molecule has 5 rings (SSSR count). The Labute approximate surface area is 201 Å². The van der Waals surface area contributed by atoms with Gasteiger partial charge in [-0.15, -0.1) is 0 Å². The van der Waals surface area contributed by atoms with Crippen LogP contribution >= 0.6 is 12.2 Å². The molecule has 0 amide bonds. The third kappa shape index (κ3) is 5.17. The lowest BCUT2D eigenvalue weighted by atomic mass is 10.2. The van der Waals surface area contributed by atoms with E-state index in [9.17, 15) is 13.2 Å². The van der Waals surface area contributed by atoms with Gasteiger partial charge in [0, 0.05) is 38.3 Å². The first kappa shape index (κ1) is 23.0. The van der Waals surface area contributed by atoms with Crippen LogP contribution < -0.4 is 4.90 Å². The second-order valence-electron chi connectivity index (χ2n) is 8.99. The molecule has 3 aromatic rings. The summed E-state index contributed by atoms with van der Waals surface area (Å²) in [5, 5.41) is 4.90. The fraction of sp³-hybridized carbons (Fsp3) is 0.458. The van der Waals surface area contributed by atoms with Crippen LogP contribution in [0.15, 0.2) is 48.7 Å². The number of pyridine rings is 1. The molecule has 0 spiro atoms. The summed E-state index contributed by atoms with van der Waals surface area (Å²) >= 11 is 5.83. The molecule has 1 aromatic carbocycles. The molecule has 1 aliphatic carbocycles. The summed E-state index contributed by atoms with van der Waals surface area (Å²) in [5.74, 6) is 2.13. The zero-order chi connectivity index (χ0) is 23.7. The van der Waals surface area contributed by atoms with Gasteiger partial charge in [-0.25, -0.2) is 9.67 Å². The van der Waals surface area contributed by atoms with Crippen LogP contribution in [-0.2, 0) is 19.4 Å². The second kappa shape index (κ2) is 9.50. The maximum absolute atomic E-state index is 12.8. The van der Waals surface area contributed by atoms with Crippen molar-refractivity contribution in [1.82, 2.24) is 24.2 Å². The fourth-order valence-electron chi connectivity index (χ4n) is 4.38. The highest BCUT2D eigenvalue weighted by Crippen LogP contribution is 2.39. The Hall–Kier alpha value is -2.72. The molecule has 1 aliphatic heterocycles. The van der Waals surface area contributed by atoms with Crippen LogP contribution in [0, 0.1) is 4.77 Å². The molecule has 1 saturated carbocycles. The number of benzene rings is 1. The number of hydrogen-bond donors (Lipinski definition) is 0. The minimum atomic E-state index is -4.37. The van der Waals surface area contributed by atoms with E-state index in [2.05, 4.69) is 26.6 Å². The molecule has 2 fully saturated rings. The highest BCUT2D eigenvalue weighted by atomic mass is 32.1. The van der Waals surface area contributed by atoms with Gasteiger partial charge in [-0.2, -0.15) is 18.3 Å². The van der Waals surface area contributed by atoms with Gasteiger partial charge in [0.1, 0.15) is 11.6 Å². The van der Waals surface area contributed by atoms with Crippen molar-refractivity contribution in [3.05, 3.63) is 70.4 Å². The smallest absolute Gasteiger partial charge is 0.355 e. The van der Waals surface area contributed by atoms with Crippen LogP contribution in [-0.4, -0.2) is 50.4 Å². The Morgan fingerprint density at radius 2 is 1.76 bits per heavy atom. The number of anilines is 1. The SMILES string of the molecule is FC(F)(F)c1ccc(N2CCCN(Cn3nc(C4CC4)n(Cc4ccccc4)c3=S)CC2)nc1. The molecule has 0 bridgehead atoms. The molecule has 10 heteroatoms. The van der Waals surface area contributed by atoms with Gasteiger partial charge in [-0.1, -0.05) is 30.3 Å². The summed E-state index contributed by atoms with van der Waals surface area (Å²) in [7, 11) is 0.